The average Bonchev–Trinajstić information content (AvgIpc) is 3.21. The zero-order valence-electron chi connectivity index (χ0n) is 31.8. The lowest BCUT2D eigenvalue weighted by Crippen LogP contribution is -2.55. The van der Waals surface area contributed by atoms with Gasteiger partial charge in [0.05, 0.1) is 13.1 Å². The summed E-state index contributed by atoms with van der Waals surface area (Å²) in [5, 5.41) is 22.3. The van der Waals surface area contributed by atoms with E-state index >= 15 is 0 Å². The van der Waals surface area contributed by atoms with Crippen LogP contribution in [0.2, 0.25) is 0 Å². The third kappa shape index (κ3) is 12.3. The molecule has 6 aliphatic heterocycles. The number of piperazine rings is 1. The SMILES string of the molecule is N=C(N)c1ccc(CNC(=O)[C@@H]2Cc3ccc(cc3)NC(=O)CN3CCN(CC3)CC(=O)Nc3ccc(cc3)C[C@@H](NC(=O)CCc3ccccc3)C(=O)N2)cc1. The Kier molecular flexibility index (Phi) is 13.8. The molecule has 0 saturated carbocycles. The molecule has 1 fully saturated rings. The molecule has 1 saturated heterocycles. The van der Waals surface area contributed by atoms with Gasteiger partial charge in [-0.25, -0.2) is 0 Å². The standard InChI is InChI=1S/C43H49N9O5/c44-41(45)33-13-6-32(7-14-33)26-46-42(56)36-24-30-8-15-34(16-9-30)47-39(54)27-51-20-22-52(23-21-51)28-40(55)48-35-17-10-31(11-18-35)25-37(43(57)50-36)49-38(53)19-12-29-4-2-1-3-5-29/h1-11,13-18,36-37H,12,19-28H2,(H3,44,45)(H,46,56)(H,47,54)(H,48,55)(H,49,53)(H,50,57)/t36-,37+/m0/s1. The Bertz CT molecular complexity index is 2030. The van der Waals surface area contributed by atoms with Gasteiger partial charge in [0.25, 0.3) is 0 Å². The number of amides is 5. The molecule has 10 rings (SSSR count). The van der Waals surface area contributed by atoms with Gasteiger partial charge in [0.15, 0.2) is 0 Å². The summed E-state index contributed by atoms with van der Waals surface area (Å²) in [6.07, 6.45) is 0.901. The Morgan fingerprint density at radius 2 is 1.25 bits per heavy atom. The zero-order valence-corrected chi connectivity index (χ0v) is 31.8. The summed E-state index contributed by atoms with van der Waals surface area (Å²) >= 11 is 0. The Morgan fingerprint density at radius 3 is 1.79 bits per heavy atom. The normalized spacial score (nSPS) is 20.4. The number of hydrogen-bond donors (Lipinski definition) is 7. The fraction of sp³-hybridized carbons (Fsp3) is 0.302. The van der Waals surface area contributed by atoms with Crippen LogP contribution in [0.5, 0.6) is 0 Å². The van der Waals surface area contributed by atoms with Gasteiger partial charge in [0, 0.05) is 68.9 Å². The monoisotopic (exact) mass is 771 g/mol. The Morgan fingerprint density at radius 1 is 0.702 bits per heavy atom. The van der Waals surface area contributed by atoms with Gasteiger partial charge in [-0.1, -0.05) is 78.9 Å². The first-order valence-electron chi connectivity index (χ1n) is 19.1. The molecule has 8 N–H and O–H groups in total. The van der Waals surface area contributed by atoms with Gasteiger partial charge in [0.1, 0.15) is 17.9 Å². The zero-order chi connectivity index (χ0) is 40.1. The van der Waals surface area contributed by atoms with Crippen LogP contribution in [0.3, 0.4) is 0 Å². The van der Waals surface area contributed by atoms with Crippen LogP contribution in [0.4, 0.5) is 11.4 Å². The van der Waals surface area contributed by atoms with Crippen molar-refractivity contribution in [3.63, 3.8) is 0 Å². The van der Waals surface area contributed by atoms with Crippen LogP contribution in [0.25, 0.3) is 0 Å². The van der Waals surface area contributed by atoms with Crippen molar-refractivity contribution in [1.82, 2.24) is 25.8 Å². The summed E-state index contributed by atoms with van der Waals surface area (Å²) in [4.78, 5) is 71.3. The molecule has 14 nitrogen and oxygen atoms in total. The Balaban J connectivity index is 1.24. The van der Waals surface area contributed by atoms with E-state index in [-0.39, 0.29) is 62.5 Å². The third-order valence-corrected chi connectivity index (χ3v) is 10.1. The van der Waals surface area contributed by atoms with Crippen LogP contribution in [0.1, 0.15) is 34.2 Å². The van der Waals surface area contributed by atoms with Crippen LogP contribution in [0, 0.1) is 5.41 Å². The molecule has 0 unspecified atom stereocenters. The molecule has 2 atom stereocenters. The minimum atomic E-state index is -1.03. The highest BCUT2D eigenvalue weighted by Gasteiger charge is 2.28. The number of nitrogens with one attached hydrogen (secondary N) is 6. The molecule has 6 heterocycles. The molecule has 0 aromatic heterocycles. The smallest absolute Gasteiger partial charge is 0.243 e. The lowest BCUT2D eigenvalue weighted by atomic mass is 10.0. The van der Waals surface area contributed by atoms with E-state index in [0.29, 0.717) is 49.5 Å². The molecular weight excluding hydrogens is 723 g/mol. The van der Waals surface area contributed by atoms with Gasteiger partial charge < -0.3 is 32.3 Å². The minimum Gasteiger partial charge on any atom is -0.384 e. The summed E-state index contributed by atoms with van der Waals surface area (Å²) in [6, 6.07) is 28.7. The van der Waals surface area contributed by atoms with E-state index in [4.69, 9.17) is 11.1 Å². The molecule has 5 amide bonds. The van der Waals surface area contributed by atoms with Gasteiger partial charge in [-0.05, 0) is 52.9 Å². The summed E-state index contributed by atoms with van der Waals surface area (Å²) < 4.78 is 0. The van der Waals surface area contributed by atoms with Crippen molar-refractivity contribution in [3.05, 3.63) is 131 Å². The van der Waals surface area contributed by atoms with Crippen molar-refractivity contribution < 1.29 is 24.0 Å². The number of hydrogen-bond acceptors (Lipinski definition) is 8. The molecule has 57 heavy (non-hydrogen) atoms. The van der Waals surface area contributed by atoms with Crippen LogP contribution in [-0.2, 0) is 49.8 Å². The summed E-state index contributed by atoms with van der Waals surface area (Å²) in [5.74, 6) is -1.68. The first kappa shape index (κ1) is 40.3. The maximum Gasteiger partial charge on any atom is 0.243 e. The van der Waals surface area contributed by atoms with Gasteiger partial charge in [0.2, 0.25) is 29.5 Å². The fourth-order valence-electron chi connectivity index (χ4n) is 6.81. The van der Waals surface area contributed by atoms with Crippen LogP contribution < -0.4 is 32.3 Å². The highest BCUT2D eigenvalue weighted by atomic mass is 16.2. The Labute approximate surface area is 332 Å². The number of nitrogens with zero attached hydrogens (tertiary/aromatic N) is 2. The van der Waals surface area contributed by atoms with Crippen molar-refractivity contribution in [2.24, 2.45) is 5.73 Å². The maximum atomic E-state index is 14.2. The summed E-state index contributed by atoms with van der Waals surface area (Å²) in [5.41, 5.74) is 10.6. The maximum absolute atomic E-state index is 14.2. The molecule has 0 radical (unpaired) electrons. The largest absolute Gasteiger partial charge is 0.384 e. The molecule has 6 aliphatic rings. The van der Waals surface area contributed by atoms with E-state index in [9.17, 15) is 24.0 Å². The molecule has 14 heteroatoms. The van der Waals surface area contributed by atoms with Crippen molar-refractivity contribution in [2.75, 3.05) is 49.9 Å². The van der Waals surface area contributed by atoms with Crippen molar-refractivity contribution >= 4 is 46.7 Å². The fourth-order valence-corrected chi connectivity index (χ4v) is 6.81. The highest BCUT2D eigenvalue weighted by Crippen LogP contribution is 2.16. The number of benzene rings is 4. The number of amidine groups is 1. The van der Waals surface area contributed by atoms with Gasteiger partial charge in [-0.2, -0.15) is 0 Å². The molecular formula is C43H49N9O5. The molecule has 6 bridgehead atoms. The predicted octanol–water partition coefficient (Wildman–Crippen LogP) is 2.18. The molecule has 0 aliphatic carbocycles. The van der Waals surface area contributed by atoms with Gasteiger partial charge in [-0.15, -0.1) is 0 Å². The molecule has 0 spiro atoms. The summed E-state index contributed by atoms with van der Waals surface area (Å²) in [7, 11) is 0. The number of carbonyl (C=O) groups excluding carboxylic acids is 5. The second-order valence-electron chi connectivity index (χ2n) is 14.4. The van der Waals surface area contributed by atoms with E-state index in [1.54, 1.807) is 72.8 Å². The van der Waals surface area contributed by atoms with E-state index in [1.165, 1.54) is 0 Å². The lowest BCUT2D eigenvalue weighted by Gasteiger charge is -2.33. The highest BCUT2D eigenvalue weighted by molar-refractivity contribution is 5.95. The second kappa shape index (κ2) is 19.5. The lowest BCUT2D eigenvalue weighted by molar-refractivity contribution is -0.132. The second-order valence-corrected chi connectivity index (χ2v) is 14.4. The van der Waals surface area contributed by atoms with Crippen LogP contribution in [0.15, 0.2) is 103 Å². The third-order valence-electron chi connectivity index (χ3n) is 10.1. The molecule has 296 valence electrons. The van der Waals surface area contributed by atoms with Crippen LogP contribution in [-0.4, -0.2) is 96.5 Å². The quantitative estimate of drug-likeness (QED) is 0.104. The molecule has 4 aromatic carbocycles. The number of nitrogens with two attached hydrogens (primary N) is 1. The van der Waals surface area contributed by atoms with Gasteiger partial charge >= 0.3 is 0 Å². The number of nitrogen functional groups attached to an aromatic ring is 1. The van der Waals surface area contributed by atoms with E-state index < -0.39 is 23.9 Å². The van der Waals surface area contributed by atoms with E-state index in [0.717, 1.165) is 22.3 Å². The van der Waals surface area contributed by atoms with Crippen molar-refractivity contribution in [1.29, 1.82) is 5.41 Å². The van der Waals surface area contributed by atoms with Gasteiger partial charge in [-0.3, -0.25) is 39.2 Å². The summed E-state index contributed by atoms with van der Waals surface area (Å²) in [6.45, 7) is 3.18. The van der Waals surface area contributed by atoms with E-state index in [2.05, 4.69) is 36.4 Å². The number of carbonyl (C=O) groups is 5. The van der Waals surface area contributed by atoms with Crippen LogP contribution >= 0.6 is 0 Å². The number of rotatable bonds is 8. The minimum absolute atomic E-state index is 0.0635. The average molecular weight is 772 g/mol. The predicted molar refractivity (Wildman–Crippen MR) is 218 cm³/mol. The first-order valence-corrected chi connectivity index (χ1v) is 19.1. The number of aryl methyl sites for hydroxylation is 1. The Hall–Kier alpha value is -6.38. The van der Waals surface area contributed by atoms with E-state index in [1.807, 2.05) is 30.3 Å². The first-order chi connectivity index (χ1) is 27.6. The molecule has 4 aromatic rings. The number of fused-ring (bicyclic) bond motifs is 1. The van der Waals surface area contributed by atoms with Crippen molar-refractivity contribution in [2.45, 2.75) is 44.3 Å². The number of anilines is 2. The topological polar surface area (TPSA) is 202 Å². The van der Waals surface area contributed by atoms with Crippen molar-refractivity contribution in [3.8, 4) is 0 Å².